The first-order valence-corrected chi connectivity index (χ1v) is 10.2. The molecule has 1 fully saturated rings. The molecule has 1 aromatic carbocycles. The minimum Gasteiger partial charge on any atom is -0.381 e. The molecule has 0 saturated carbocycles. The number of hydrogen-bond donors (Lipinski definition) is 3. The molecule has 1 heterocycles. The zero-order valence-electron chi connectivity index (χ0n) is 17.1. The van der Waals surface area contributed by atoms with Crippen LogP contribution in [0.4, 0.5) is 0 Å². The number of benzene rings is 1. The third-order valence-electron chi connectivity index (χ3n) is 4.54. The minimum absolute atomic E-state index is 0.0321. The van der Waals surface area contributed by atoms with E-state index in [0.717, 1.165) is 63.8 Å². The van der Waals surface area contributed by atoms with E-state index in [-0.39, 0.29) is 5.91 Å². The van der Waals surface area contributed by atoms with E-state index in [9.17, 15) is 4.79 Å². The molecule has 7 nitrogen and oxygen atoms in total. The summed E-state index contributed by atoms with van der Waals surface area (Å²) in [4.78, 5) is 16.3. The maximum atomic E-state index is 12.1. The number of hydrogen-bond acceptors (Lipinski definition) is 4. The van der Waals surface area contributed by atoms with Crippen LogP contribution in [0.1, 0.15) is 42.1 Å². The monoisotopic (exact) mass is 390 g/mol. The summed E-state index contributed by atoms with van der Waals surface area (Å²) >= 11 is 0. The Balaban J connectivity index is 1.64. The van der Waals surface area contributed by atoms with Gasteiger partial charge in [0.25, 0.3) is 5.91 Å². The lowest BCUT2D eigenvalue weighted by molar-refractivity contribution is 0.0888. The van der Waals surface area contributed by atoms with Gasteiger partial charge in [0.2, 0.25) is 0 Å². The highest BCUT2D eigenvalue weighted by Gasteiger charge is 2.15. The van der Waals surface area contributed by atoms with Crippen LogP contribution in [-0.2, 0) is 16.0 Å². The van der Waals surface area contributed by atoms with Crippen LogP contribution in [0.3, 0.4) is 0 Å². The van der Waals surface area contributed by atoms with Gasteiger partial charge in [-0.2, -0.15) is 0 Å². The molecule has 3 N–H and O–H groups in total. The number of amides is 1. The highest BCUT2D eigenvalue weighted by molar-refractivity contribution is 5.94. The van der Waals surface area contributed by atoms with Crippen molar-refractivity contribution in [3.05, 3.63) is 35.4 Å². The second-order valence-electron chi connectivity index (χ2n) is 6.97. The molecule has 1 aliphatic heterocycles. The molecule has 156 valence electrons. The van der Waals surface area contributed by atoms with Gasteiger partial charge in [0.15, 0.2) is 5.96 Å². The largest absolute Gasteiger partial charge is 0.381 e. The van der Waals surface area contributed by atoms with E-state index in [1.807, 2.05) is 31.2 Å². The summed E-state index contributed by atoms with van der Waals surface area (Å²) in [6.07, 6.45) is 2.95. The van der Waals surface area contributed by atoms with Crippen molar-refractivity contribution in [2.24, 2.45) is 10.9 Å². The van der Waals surface area contributed by atoms with Crippen LogP contribution in [-0.4, -0.2) is 58.4 Å². The maximum absolute atomic E-state index is 12.1. The number of nitrogens with one attached hydrogen (secondary N) is 3. The van der Waals surface area contributed by atoms with Gasteiger partial charge in [-0.05, 0) is 37.0 Å². The molecule has 0 aliphatic carbocycles. The van der Waals surface area contributed by atoms with Crippen molar-refractivity contribution >= 4 is 11.9 Å². The molecular weight excluding hydrogens is 356 g/mol. The van der Waals surface area contributed by atoms with Crippen LogP contribution >= 0.6 is 0 Å². The fourth-order valence-electron chi connectivity index (χ4n) is 2.92. The normalized spacial score (nSPS) is 16.8. The maximum Gasteiger partial charge on any atom is 0.251 e. The third-order valence-corrected chi connectivity index (χ3v) is 4.54. The fraction of sp³-hybridized carbons (Fsp3) is 0.619. The SMILES string of the molecule is CCCNC(=O)c1cccc(CNC(=NC)NCCCOCC2CCOC2)c1. The van der Waals surface area contributed by atoms with E-state index in [2.05, 4.69) is 20.9 Å². The number of ether oxygens (including phenoxy) is 2. The summed E-state index contributed by atoms with van der Waals surface area (Å²) < 4.78 is 11.1. The summed E-state index contributed by atoms with van der Waals surface area (Å²) in [5.74, 6) is 1.27. The Kier molecular flexibility index (Phi) is 10.4. The first kappa shape index (κ1) is 22.2. The van der Waals surface area contributed by atoms with Gasteiger partial charge in [-0.1, -0.05) is 19.1 Å². The van der Waals surface area contributed by atoms with Crippen LogP contribution < -0.4 is 16.0 Å². The number of guanidine groups is 1. The molecule has 28 heavy (non-hydrogen) atoms. The number of carbonyl (C=O) groups excluding carboxylic acids is 1. The highest BCUT2D eigenvalue weighted by atomic mass is 16.5. The van der Waals surface area contributed by atoms with Gasteiger partial charge in [-0.15, -0.1) is 0 Å². The Labute approximate surface area is 168 Å². The molecule has 0 radical (unpaired) electrons. The van der Waals surface area contributed by atoms with Gasteiger partial charge in [-0.25, -0.2) is 0 Å². The highest BCUT2D eigenvalue weighted by Crippen LogP contribution is 2.12. The van der Waals surface area contributed by atoms with E-state index in [0.29, 0.717) is 24.6 Å². The Morgan fingerprint density at radius 1 is 1.29 bits per heavy atom. The predicted molar refractivity (Wildman–Crippen MR) is 112 cm³/mol. The first-order chi connectivity index (χ1) is 13.7. The zero-order chi connectivity index (χ0) is 20.0. The number of rotatable bonds is 11. The Bertz CT molecular complexity index is 615. The molecule has 0 bridgehead atoms. The van der Waals surface area contributed by atoms with E-state index in [1.54, 1.807) is 7.05 Å². The van der Waals surface area contributed by atoms with Crippen LogP contribution in [0.15, 0.2) is 29.3 Å². The van der Waals surface area contributed by atoms with Crippen molar-refractivity contribution in [3.8, 4) is 0 Å². The van der Waals surface area contributed by atoms with Gasteiger partial charge < -0.3 is 25.4 Å². The van der Waals surface area contributed by atoms with Gasteiger partial charge in [0, 0.05) is 51.4 Å². The van der Waals surface area contributed by atoms with Crippen LogP contribution in [0.2, 0.25) is 0 Å². The van der Waals surface area contributed by atoms with Gasteiger partial charge >= 0.3 is 0 Å². The predicted octanol–water partition coefficient (Wildman–Crippen LogP) is 1.93. The van der Waals surface area contributed by atoms with Crippen molar-refractivity contribution in [1.82, 2.24) is 16.0 Å². The van der Waals surface area contributed by atoms with Gasteiger partial charge in [0.05, 0.1) is 13.2 Å². The third kappa shape index (κ3) is 8.27. The van der Waals surface area contributed by atoms with Crippen molar-refractivity contribution < 1.29 is 14.3 Å². The molecule has 1 atom stereocenters. The van der Waals surface area contributed by atoms with Crippen LogP contribution in [0.25, 0.3) is 0 Å². The summed E-state index contributed by atoms with van der Waals surface area (Å²) in [6, 6.07) is 7.64. The molecule has 1 amide bonds. The molecular formula is C21H34N4O3. The zero-order valence-corrected chi connectivity index (χ0v) is 17.1. The second-order valence-corrected chi connectivity index (χ2v) is 6.97. The van der Waals surface area contributed by atoms with E-state index >= 15 is 0 Å². The standard InChI is InChI=1S/C21H34N4O3/c1-3-9-23-20(26)19-7-4-6-17(13-19)14-25-21(22-2)24-10-5-11-27-15-18-8-12-28-16-18/h4,6-7,13,18H,3,5,8-12,14-16H2,1-2H3,(H,23,26)(H2,22,24,25). The molecule has 0 aromatic heterocycles. The minimum atomic E-state index is -0.0321. The average molecular weight is 391 g/mol. The van der Waals surface area contributed by atoms with Crippen molar-refractivity contribution in [1.29, 1.82) is 0 Å². The number of aliphatic imine (C=N–C) groups is 1. The van der Waals surface area contributed by atoms with Gasteiger partial charge in [-0.3, -0.25) is 9.79 Å². The molecule has 1 unspecified atom stereocenters. The van der Waals surface area contributed by atoms with Crippen LogP contribution in [0.5, 0.6) is 0 Å². The second kappa shape index (κ2) is 13.1. The van der Waals surface area contributed by atoms with Crippen molar-refractivity contribution in [3.63, 3.8) is 0 Å². The molecule has 0 spiro atoms. The summed E-state index contributed by atoms with van der Waals surface area (Å²) in [6.45, 7) is 7.34. The lowest BCUT2D eigenvalue weighted by Crippen LogP contribution is -2.37. The summed E-state index contributed by atoms with van der Waals surface area (Å²) in [7, 11) is 1.75. The Hall–Kier alpha value is -2.12. The summed E-state index contributed by atoms with van der Waals surface area (Å²) in [5.41, 5.74) is 1.72. The van der Waals surface area contributed by atoms with E-state index in [1.165, 1.54) is 0 Å². The lowest BCUT2D eigenvalue weighted by Gasteiger charge is -2.13. The molecule has 1 aliphatic rings. The first-order valence-electron chi connectivity index (χ1n) is 10.2. The molecule has 1 aromatic rings. The quantitative estimate of drug-likeness (QED) is 0.305. The van der Waals surface area contributed by atoms with E-state index in [4.69, 9.17) is 9.47 Å². The molecule has 7 heteroatoms. The number of carbonyl (C=O) groups is 1. The molecule has 1 saturated heterocycles. The number of nitrogens with zero attached hydrogens (tertiary/aromatic N) is 1. The topological polar surface area (TPSA) is 84.0 Å². The smallest absolute Gasteiger partial charge is 0.251 e. The Morgan fingerprint density at radius 2 is 2.18 bits per heavy atom. The van der Waals surface area contributed by atoms with Gasteiger partial charge in [0.1, 0.15) is 0 Å². The fourth-order valence-corrected chi connectivity index (χ4v) is 2.92. The lowest BCUT2D eigenvalue weighted by atomic mass is 10.1. The van der Waals surface area contributed by atoms with E-state index < -0.39 is 0 Å². The Morgan fingerprint density at radius 3 is 2.93 bits per heavy atom. The summed E-state index contributed by atoms with van der Waals surface area (Å²) in [5, 5.41) is 9.47. The van der Waals surface area contributed by atoms with Crippen molar-refractivity contribution in [2.75, 3.05) is 46.6 Å². The van der Waals surface area contributed by atoms with Crippen molar-refractivity contribution in [2.45, 2.75) is 32.7 Å². The van der Waals surface area contributed by atoms with Crippen LogP contribution in [0, 0.1) is 5.92 Å². The molecule has 2 rings (SSSR count). The average Bonchev–Trinajstić information content (AvgIpc) is 3.24.